The number of aryl methyl sites for hydroxylation is 2. The Bertz CT molecular complexity index is 611. The fourth-order valence-electron chi connectivity index (χ4n) is 1.85. The van der Waals surface area contributed by atoms with Gasteiger partial charge in [0.1, 0.15) is 5.75 Å². The molecule has 106 valence electrons. The summed E-state index contributed by atoms with van der Waals surface area (Å²) in [6, 6.07) is 8.00. The Balaban J connectivity index is 2.34. The molecule has 0 aliphatic heterocycles. The minimum absolute atomic E-state index is 0.345. The fraction of sp³-hybridized carbons (Fsp3) is 0.333. The van der Waals surface area contributed by atoms with Gasteiger partial charge in [0.05, 0.1) is 0 Å². The van der Waals surface area contributed by atoms with Crippen LogP contribution in [0.1, 0.15) is 36.6 Å². The zero-order chi connectivity index (χ0) is 14.7. The maximum atomic E-state index is 5.88. The van der Waals surface area contributed by atoms with Crippen molar-refractivity contribution in [1.29, 1.82) is 0 Å². The molecule has 0 amide bonds. The molecule has 0 atom stereocenters. The van der Waals surface area contributed by atoms with Crippen molar-refractivity contribution in [2.45, 2.75) is 33.6 Å². The quantitative estimate of drug-likeness (QED) is 0.660. The molecule has 0 unspecified atom stereocenters. The van der Waals surface area contributed by atoms with E-state index in [0.717, 1.165) is 17.0 Å². The lowest BCUT2D eigenvalue weighted by Crippen LogP contribution is -2.11. The first-order chi connectivity index (χ1) is 9.49. The first-order valence-electron chi connectivity index (χ1n) is 6.60. The topological polar surface area (TPSA) is 73.1 Å². The predicted molar refractivity (Wildman–Crippen MR) is 79.9 cm³/mol. The third-order valence-corrected chi connectivity index (χ3v) is 3.05. The van der Waals surface area contributed by atoms with E-state index in [1.54, 1.807) is 6.07 Å². The summed E-state index contributed by atoms with van der Waals surface area (Å²) in [4.78, 5) is 8.33. The van der Waals surface area contributed by atoms with Crippen molar-refractivity contribution in [1.82, 2.24) is 9.97 Å². The van der Waals surface area contributed by atoms with Gasteiger partial charge in [0.25, 0.3) is 0 Å². The average molecular weight is 272 g/mol. The Morgan fingerprint density at radius 3 is 2.55 bits per heavy atom. The minimum Gasteiger partial charge on any atom is -0.439 e. The molecule has 5 heteroatoms. The highest BCUT2D eigenvalue weighted by Crippen LogP contribution is 2.28. The van der Waals surface area contributed by atoms with Gasteiger partial charge in [-0.3, -0.25) is 5.43 Å². The van der Waals surface area contributed by atoms with E-state index in [1.165, 1.54) is 5.56 Å². The summed E-state index contributed by atoms with van der Waals surface area (Å²) in [5, 5.41) is 0. The van der Waals surface area contributed by atoms with E-state index >= 15 is 0 Å². The molecule has 0 bridgehead atoms. The van der Waals surface area contributed by atoms with Crippen LogP contribution in [-0.2, 0) is 0 Å². The number of hydrogen-bond donors (Lipinski definition) is 2. The summed E-state index contributed by atoms with van der Waals surface area (Å²) in [7, 11) is 0. The second kappa shape index (κ2) is 5.88. The Morgan fingerprint density at radius 1 is 1.15 bits per heavy atom. The molecular formula is C15H20N4O. The van der Waals surface area contributed by atoms with Gasteiger partial charge in [-0.2, -0.15) is 4.98 Å². The van der Waals surface area contributed by atoms with Crippen LogP contribution >= 0.6 is 0 Å². The number of nitrogens with zero attached hydrogens (tertiary/aromatic N) is 2. The summed E-state index contributed by atoms with van der Waals surface area (Å²) in [6.45, 7) is 8.18. The fourth-order valence-corrected chi connectivity index (χ4v) is 1.85. The Labute approximate surface area is 119 Å². The summed E-state index contributed by atoms with van der Waals surface area (Å²) >= 11 is 0. The van der Waals surface area contributed by atoms with Crippen LogP contribution in [0.3, 0.4) is 0 Å². The molecule has 0 aliphatic carbocycles. The molecule has 0 radical (unpaired) electrons. The van der Waals surface area contributed by atoms with Gasteiger partial charge in [0, 0.05) is 11.8 Å². The smallest absolute Gasteiger partial charge is 0.240 e. The Hall–Kier alpha value is -2.14. The lowest BCUT2D eigenvalue weighted by molar-refractivity contribution is 0.457. The van der Waals surface area contributed by atoms with Crippen LogP contribution in [0.25, 0.3) is 0 Å². The molecule has 0 saturated heterocycles. The van der Waals surface area contributed by atoms with Crippen molar-refractivity contribution in [3.05, 3.63) is 41.1 Å². The van der Waals surface area contributed by atoms with E-state index < -0.39 is 0 Å². The number of rotatable bonds is 4. The molecule has 0 fully saturated rings. The number of aromatic nitrogens is 2. The largest absolute Gasteiger partial charge is 0.439 e. The van der Waals surface area contributed by atoms with E-state index in [9.17, 15) is 0 Å². The summed E-state index contributed by atoms with van der Waals surface area (Å²) in [5.41, 5.74) is 5.52. The first-order valence-corrected chi connectivity index (χ1v) is 6.60. The highest BCUT2D eigenvalue weighted by molar-refractivity contribution is 5.40. The van der Waals surface area contributed by atoms with Crippen LogP contribution in [0.15, 0.2) is 24.3 Å². The van der Waals surface area contributed by atoms with Crippen molar-refractivity contribution in [3.8, 4) is 11.6 Å². The van der Waals surface area contributed by atoms with E-state index in [4.69, 9.17) is 10.6 Å². The molecule has 2 aromatic rings. The highest BCUT2D eigenvalue weighted by atomic mass is 16.5. The van der Waals surface area contributed by atoms with E-state index in [0.29, 0.717) is 17.7 Å². The van der Waals surface area contributed by atoms with Crippen molar-refractivity contribution >= 4 is 5.95 Å². The summed E-state index contributed by atoms with van der Waals surface area (Å²) in [5.74, 6) is 7.42. The SMILES string of the molecule is Cc1cc(Oc2cc(C(C)C)ccc2C)nc(NN)n1. The number of benzene rings is 1. The molecule has 1 aromatic carbocycles. The van der Waals surface area contributed by atoms with Crippen molar-refractivity contribution in [2.24, 2.45) is 5.84 Å². The van der Waals surface area contributed by atoms with Gasteiger partial charge in [-0.05, 0) is 37.0 Å². The number of hydrogen-bond acceptors (Lipinski definition) is 5. The molecule has 5 nitrogen and oxygen atoms in total. The van der Waals surface area contributed by atoms with Gasteiger partial charge in [0.15, 0.2) is 0 Å². The number of nitrogens with two attached hydrogens (primary N) is 1. The first kappa shape index (κ1) is 14.3. The van der Waals surface area contributed by atoms with Crippen molar-refractivity contribution in [2.75, 3.05) is 5.43 Å². The van der Waals surface area contributed by atoms with E-state index in [2.05, 4.69) is 41.4 Å². The number of anilines is 1. The van der Waals surface area contributed by atoms with Crippen molar-refractivity contribution < 1.29 is 4.74 Å². The standard InChI is InChI=1S/C15H20N4O/c1-9(2)12-6-5-10(3)13(8-12)20-14-7-11(4)17-15(18-14)19-16/h5-9H,16H2,1-4H3,(H,17,18,19). The lowest BCUT2D eigenvalue weighted by atomic mass is 10.0. The molecule has 1 aromatic heterocycles. The van der Waals surface area contributed by atoms with Gasteiger partial charge in [-0.15, -0.1) is 0 Å². The normalized spacial score (nSPS) is 10.7. The third kappa shape index (κ3) is 3.24. The molecule has 20 heavy (non-hydrogen) atoms. The summed E-state index contributed by atoms with van der Waals surface area (Å²) < 4.78 is 5.88. The molecule has 1 heterocycles. The van der Waals surface area contributed by atoms with Gasteiger partial charge in [0.2, 0.25) is 11.8 Å². The average Bonchev–Trinajstić information content (AvgIpc) is 2.40. The number of nitrogen functional groups attached to an aromatic ring is 1. The molecule has 0 spiro atoms. The van der Waals surface area contributed by atoms with Crippen molar-refractivity contribution in [3.63, 3.8) is 0 Å². The minimum atomic E-state index is 0.345. The molecular weight excluding hydrogens is 252 g/mol. The molecule has 0 aliphatic rings. The third-order valence-electron chi connectivity index (χ3n) is 3.05. The van der Waals surface area contributed by atoms with Gasteiger partial charge in [-0.1, -0.05) is 26.0 Å². The zero-order valence-electron chi connectivity index (χ0n) is 12.3. The number of nitrogens with one attached hydrogen (secondary N) is 1. The van der Waals surface area contributed by atoms with Gasteiger partial charge >= 0.3 is 0 Å². The van der Waals surface area contributed by atoms with Gasteiger partial charge in [-0.25, -0.2) is 10.8 Å². The predicted octanol–water partition coefficient (Wildman–Crippen LogP) is 3.29. The van der Waals surface area contributed by atoms with Crippen LogP contribution in [0.2, 0.25) is 0 Å². The Morgan fingerprint density at radius 2 is 1.90 bits per heavy atom. The van der Waals surface area contributed by atoms with Gasteiger partial charge < -0.3 is 4.74 Å². The zero-order valence-corrected chi connectivity index (χ0v) is 12.3. The Kier molecular flexibility index (Phi) is 4.20. The summed E-state index contributed by atoms with van der Waals surface area (Å²) in [6.07, 6.45) is 0. The number of ether oxygens (including phenoxy) is 1. The van der Waals surface area contributed by atoms with E-state index in [-0.39, 0.29) is 0 Å². The maximum absolute atomic E-state index is 5.88. The molecule has 0 saturated carbocycles. The molecule has 2 rings (SSSR count). The second-order valence-electron chi connectivity index (χ2n) is 5.10. The van der Waals surface area contributed by atoms with Crippen LogP contribution in [0, 0.1) is 13.8 Å². The second-order valence-corrected chi connectivity index (χ2v) is 5.10. The van der Waals surface area contributed by atoms with Crippen LogP contribution in [-0.4, -0.2) is 9.97 Å². The number of hydrazine groups is 1. The lowest BCUT2D eigenvalue weighted by Gasteiger charge is -2.12. The van der Waals surface area contributed by atoms with E-state index in [1.807, 2.05) is 19.9 Å². The van der Waals surface area contributed by atoms with Crippen LogP contribution < -0.4 is 16.0 Å². The van der Waals surface area contributed by atoms with Crippen LogP contribution in [0.5, 0.6) is 11.6 Å². The monoisotopic (exact) mass is 272 g/mol. The maximum Gasteiger partial charge on any atom is 0.240 e. The highest BCUT2D eigenvalue weighted by Gasteiger charge is 2.08. The van der Waals surface area contributed by atoms with Crippen LogP contribution in [0.4, 0.5) is 5.95 Å². The molecule has 3 N–H and O–H groups in total.